The first-order valence-corrected chi connectivity index (χ1v) is 9.03. The van der Waals surface area contributed by atoms with E-state index in [1.54, 1.807) is 23.1 Å². The van der Waals surface area contributed by atoms with Crippen molar-refractivity contribution in [3.63, 3.8) is 0 Å². The number of carbonyl (C=O) groups excluding carboxylic acids is 3. The van der Waals surface area contributed by atoms with Crippen molar-refractivity contribution in [3.05, 3.63) is 23.8 Å². The number of anilines is 1. The lowest BCUT2D eigenvalue weighted by molar-refractivity contribution is -0.139. The molecule has 26 heavy (non-hydrogen) atoms. The fourth-order valence-corrected chi connectivity index (χ4v) is 3.35. The van der Waals surface area contributed by atoms with Gasteiger partial charge in [0.1, 0.15) is 5.75 Å². The van der Waals surface area contributed by atoms with Gasteiger partial charge >= 0.3 is 0 Å². The molecule has 1 saturated carbocycles. The van der Waals surface area contributed by atoms with Gasteiger partial charge in [-0.15, -0.1) is 0 Å². The third kappa shape index (κ3) is 3.81. The van der Waals surface area contributed by atoms with E-state index in [9.17, 15) is 14.4 Å². The molecule has 0 aromatic heterocycles. The first kappa shape index (κ1) is 18.2. The predicted molar refractivity (Wildman–Crippen MR) is 97.1 cm³/mol. The Balaban J connectivity index is 1.64. The van der Waals surface area contributed by atoms with E-state index >= 15 is 0 Å². The Labute approximate surface area is 153 Å². The number of amides is 3. The van der Waals surface area contributed by atoms with Gasteiger partial charge in [0.2, 0.25) is 11.8 Å². The van der Waals surface area contributed by atoms with Gasteiger partial charge in [-0.2, -0.15) is 0 Å². The second-order valence-electron chi connectivity index (χ2n) is 6.84. The predicted octanol–water partition coefficient (Wildman–Crippen LogP) is 1.74. The summed E-state index contributed by atoms with van der Waals surface area (Å²) < 4.78 is 5.22. The van der Waals surface area contributed by atoms with Crippen LogP contribution >= 0.6 is 0 Å². The van der Waals surface area contributed by atoms with Crippen molar-refractivity contribution in [2.75, 3.05) is 38.6 Å². The van der Waals surface area contributed by atoms with Gasteiger partial charge in [-0.3, -0.25) is 14.4 Å². The number of carbonyl (C=O) groups is 3. The molecule has 1 aliphatic carbocycles. The van der Waals surface area contributed by atoms with Gasteiger partial charge in [-0.25, -0.2) is 0 Å². The second-order valence-corrected chi connectivity index (χ2v) is 6.84. The Kier molecular flexibility index (Phi) is 5.44. The van der Waals surface area contributed by atoms with Gasteiger partial charge in [0.25, 0.3) is 5.91 Å². The van der Waals surface area contributed by atoms with Crippen molar-refractivity contribution in [1.29, 1.82) is 0 Å². The molecule has 1 saturated heterocycles. The first-order valence-electron chi connectivity index (χ1n) is 9.03. The highest BCUT2D eigenvalue weighted by molar-refractivity contribution is 5.98. The smallest absolute Gasteiger partial charge is 0.254 e. The molecule has 140 valence electrons. The standard InChI is InChI=1S/C19H25N3O4/c1-13(23)20-16-12-15(6-7-17(16)26-2)19(25)22-10-8-21(9-11-22)18(24)14-4-3-5-14/h6-7,12,14H,3-5,8-11H2,1-2H3,(H,20,23). The third-order valence-electron chi connectivity index (χ3n) is 5.09. The van der Waals surface area contributed by atoms with Crippen LogP contribution in [0.3, 0.4) is 0 Å². The Morgan fingerprint density at radius 3 is 2.27 bits per heavy atom. The summed E-state index contributed by atoms with van der Waals surface area (Å²) in [5.74, 6) is 0.610. The van der Waals surface area contributed by atoms with Gasteiger partial charge in [-0.1, -0.05) is 6.42 Å². The van der Waals surface area contributed by atoms with Crippen LogP contribution < -0.4 is 10.1 Å². The molecule has 7 heteroatoms. The molecular formula is C19H25N3O4. The topological polar surface area (TPSA) is 79.0 Å². The van der Waals surface area contributed by atoms with E-state index in [0.717, 1.165) is 19.3 Å². The van der Waals surface area contributed by atoms with E-state index in [-0.39, 0.29) is 23.6 Å². The van der Waals surface area contributed by atoms with E-state index in [0.29, 0.717) is 43.2 Å². The van der Waals surface area contributed by atoms with Crippen molar-refractivity contribution < 1.29 is 19.1 Å². The maximum absolute atomic E-state index is 12.8. The summed E-state index contributed by atoms with van der Waals surface area (Å²) in [5.41, 5.74) is 0.970. The van der Waals surface area contributed by atoms with E-state index in [1.165, 1.54) is 14.0 Å². The lowest BCUT2D eigenvalue weighted by Gasteiger charge is -2.38. The molecule has 1 heterocycles. The van der Waals surface area contributed by atoms with Gasteiger partial charge in [0, 0.05) is 44.6 Å². The number of nitrogens with zero attached hydrogens (tertiary/aromatic N) is 2. The molecule has 1 aromatic carbocycles. The van der Waals surface area contributed by atoms with Crippen LogP contribution in [0.2, 0.25) is 0 Å². The van der Waals surface area contributed by atoms with Gasteiger partial charge in [-0.05, 0) is 31.0 Å². The summed E-state index contributed by atoms with van der Waals surface area (Å²) in [6, 6.07) is 5.00. The number of ether oxygens (including phenoxy) is 1. The fraction of sp³-hybridized carbons (Fsp3) is 0.526. The highest BCUT2D eigenvalue weighted by Gasteiger charge is 2.32. The van der Waals surface area contributed by atoms with E-state index in [1.807, 2.05) is 4.90 Å². The minimum atomic E-state index is -0.226. The van der Waals surface area contributed by atoms with Crippen molar-refractivity contribution in [3.8, 4) is 5.75 Å². The molecular weight excluding hydrogens is 334 g/mol. The minimum absolute atomic E-state index is 0.102. The molecule has 1 aromatic rings. The summed E-state index contributed by atoms with van der Waals surface area (Å²) >= 11 is 0. The normalized spacial score (nSPS) is 17.5. The lowest BCUT2D eigenvalue weighted by Crippen LogP contribution is -2.52. The quantitative estimate of drug-likeness (QED) is 0.888. The highest BCUT2D eigenvalue weighted by Crippen LogP contribution is 2.29. The summed E-state index contributed by atoms with van der Waals surface area (Å²) in [7, 11) is 1.51. The zero-order valence-electron chi connectivity index (χ0n) is 15.3. The van der Waals surface area contributed by atoms with E-state index in [2.05, 4.69) is 5.32 Å². The van der Waals surface area contributed by atoms with Crippen LogP contribution in [0.5, 0.6) is 5.75 Å². The Bertz CT molecular complexity index is 707. The Morgan fingerprint density at radius 1 is 1.08 bits per heavy atom. The molecule has 3 amide bonds. The van der Waals surface area contributed by atoms with E-state index in [4.69, 9.17) is 4.74 Å². The molecule has 1 aliphatic heterocycles. The number of methoxy groups -OCH3 is 1. The van der Waals surface area contributed by atoms with Crippen LogP contribution in [0.15, 0.2) is 18.2 Å². The molecule has 3 rings (SSSR count). The highest BCUT2D eigenvalue weighted by atomic mass is 16.5. The summed E-state index contributed by atoms with van der Waals surface area (Å²) in [6.07, 6.45) is 3.13. The summed E-state index contributed by atoms with van der Waals surface area (Å²) in [5, 5.41) is 2.68. The SMILES string of the molecule is COc1ccc(C(=O)N2CCN(C(=O)C3CCC3)CC2)cc1NC(C)=O. The largest absolute Gasteiger partial charge is 0.495 e. The summed E-state index contributed by atoms with van der Waals surface area (Å²) in [4.78, 5) is 40.1. The lowest BCUT2D eigenvalue weighted by atomic mass is 9.84. The molecule has 7 nitrogen and oxygen atoms in total. The maximum Gasteiger partial charge on any atom is 0.254 e. The zero-order valence-corrected chi connectivity index (χ0v) is 15.3. The maximum atomic E-state index is 12.8. The average molecular weight is 359 g/mol. The fourth-order valence-electron chi connectivity index (χ4n) is 3.35. The van der Waals surface area contributed by atoms with Crippen LogP contribution in [0, 0.1) is 5.92 Å². The second kappa shape index (κ2) is 7.76. The molecule has 1 N–H and O–H groups in total. The van der Waals surface area contributed by atoms with Gasteiger partial charge in [0.15, 0.2) is 0 Å². The number of hydrogen-bond donors (Lipinski definition) is 1. The first-order chi connectivity index (χ1) is 12.5. The number of benzene rings is 1. The molecule has 0 bridgehead atoms. The Hall–Kier alpha value is -2.57. The number of hydrogen-bond acceptors (Lipinski definition) is 4. The summed E-state index contributed by atoms with van der Waals surface area (Å²) in [6.45, 7) is 3.62. The molecule has 0 atom stereocenters. The number of nitrogens with one attached hydrogen (secondary N) is 1. The van der Waals surface area contributed by atoms with Crippen LogP contribution in [0.25, 0.3) is 0 Å². The number of piperazine rings is 1. The van der Waals surface area contributed by atoms with Crippen molar-refractivity contribution in [2.45, 2.75) is 26.2 Å². The molecule has 2 fully saturated rings. The van der Waals surface area contributed by atoms with Crippen LogP contribution in [0.4, 0.5) is 5.69 Å². The van der Waals surface area contributed by atoms with Crippen molar-refractivity contribution in [2.24, 2.45) is 5.92 Å². The third-order valence-corrected chi connectivity index (χ3v) is 5.09. The monoisotopic (exact) mass is 359 g/mol. The van der Waals surface area contributed by atoms with Crippen LogP contribution in [0.1, 0.15) is 36.5 Å². The van der Waals surface area contributed by atoms with Gasteiger partial charge < -0.3 is 19.9 Å². The molecule has 0 unspecified atom stereocenters. The molecule has 2 aliphatic rings. The number of rotatable bonds is 4. The minimum Gasteiger partial charge on any atom is -0.495 e. The molecule has 0 spiro atoms. The van der Waals surface area contributed by atoms with Crippen molar-refractivity contribution in [1.82, 2.24) is 9.80 Å². The molecule has 0 radical (unpaired) electrons. The van der Waals surface area contributed by atoms with Gasteiger partial charge in [0.05, 0.1) is 12.8 Å². The van der Waals surface area contributed by atoms with Crippen LogP contribution in [-0.2, 0) is 9.59 Å². The van der Waals surface area contributed by atoms with E-state index < -0.39 is 0 Å². The zero-order chi connectivity index (χ0) is 18.7. The Morgan fingerprint density at radius 2 is 1.73 bits per heavy atom. The van der Waals surface area contributed by atoms with Crippen LogP contribution in [-0.4, -0.2) is 60.8 Å². The average Bonchev–Trinajstić information content (AvgIpc) is 2.59. The van der Waals surface area contributed by atoms with Crippen molar-refractivity contribution >= 4 is 23.4 Å².